The van der Waals surface area contributed by atoms with Crippen LogP contribution in [0.3, 0.4) is 0 Å². The van der Waals surface area contributed by atoms with Crippen LogP contribution >= 0.6 is 0 Å². The molecule has 5 rings (SSSR count). The SMILES string of the molecule is CC[C@@H]1CN(c2c(F)c(=O)n(C)c3cc(CC#N)nn23)[C@@H](C)CN1[C@H](C)c1ccc(C2CC2)nc1. The summed E-state index contributed by atoms with van der Waals surface area (Å²) in [5, 5.41) is 13.6. The maximum absolute atomic E-state index is 15.5. The molecule has 2 aliphatic rings. The lowest BCUT2D eigenvalue weighted by Gasteiger charge is -2.48. The molecule has 3 atom stereocenters. The van der Waals surface area contributed by atoms with Gasteiger partial charge in [-0.3, -0.25) is 19.2 Å². The Morgan fingerprint density at radius 3 is 2.69 bits per heavy atom. The van der Waals surface area contributed by atoms with Crippen molar-refractivity contribution < 1.29 is 4.39 Å². The first-order valence-corrected chi connectivity index (χ1v) is 12.5. The summed E-state index contributed by atoms with van der Waals surface area (Å²) in [4.78, 5) is 21.9. The first-order valence-electron chi connectivity index (χ1n) is 12.5. The average molecular weight is 478 g/mol. The van der Waals surface area contributed by atoms with Gasteiger partial charge in [0.05, 0.1) is 18.2 Å². The number of nitrogens with zero attached hydrogens (tertiary/aromatic N) is 7. The minimum absolute atomic E-state index is 0.0487. The summed E-state index contributed by atoms with van der Waals surface area (Å²) in [5.41, 5.74) is 2.68. The predicted molar refractivity (Wildman–Crippen MR) is 132 cm³/mol. The van der Waals surface area contributed by atoms with Gasteiger partial charge in [-0.15, -0.1) is 0 Å². The summed E-state index contributed by atoms with van der Waals surface area (Å²) < 4.78 is 18.2. The van der Waals surface area contributed by atoms with E-state index in [-0.39, 0.29) is 30.4 Å². The van der Waals surface area contributed by atoms with Gasteiger partial charge in [-0.1, -0.05) is 13.0 Å². The molecule has 3 aromatic heterocycles. The number of rotatable bonds is 6. The first kappa shape index (κ1) is 23.5. The van der Waals surface area contributed by atoms with Crippen LogP contribution in [0.1, 0.15) is 68.9 Å². The fourth-order valence-corrected chi connectivity index (χ4v) is 5.34. The van der Waals surface area contributed by atoms with Gasteiger partial charge in [0.1, 0.15) is 5.65 Å². The summed E-state index contributed by atoms with van der Waals surface area (Å²) in [5.74, 6) is 0.00302. The molecule has 3 aromatic rings. The minimum Gasteiger partial charge on any atom is -0.348 e. The molecule has 184 valence electrons. The van der Waals surface area contributed by atoms with Crippen LogP contribution in [0.25, 0.3) is 5.65 Å². The monoisotopic (exact) mass is 477 g/mol. The molecule has 0 radical (unpaired) electrons. The highest BCUT2D eigenvalue weighted by molar-refractivity contribution is 5.53. The number of hydrogen-bond acceptors (Lipinski definition) is 6. The number of piperazine rings is 1. The Kier molecular flexibility index (Phi) is 6.09. The number of anilines is 1. The van der Waals surface area contributed by atoms with Crippen LogP contribution in [-0.4, -0.2) is 49.2 Å². The standard InChI is InChI=1S/C26H32FN7O/c1-5-21-15-32(25-24(27)26(35)31(4)23-12-20(10-11-28)30-34(23)25)16(2)14-33(21)17(3)19-8-9-22(29-13-19)18-6-7-18/h8-9,12-13,16-18,21H,5-7,10,14-15H2,1-4H3/t16-,17+,21+/m0/s1. The van der Waals surface area contributed by atoms with E-state index in [0.29, 0.717) is 30.3 Å². The Bertz CT molecular complexity index is 1330. The maximum Gasteiger partial charge on any atom is 0.291 e. The zero-order chi connectivity index (χ0) is 24.9. The van der Waals surface area contributed by atoms with E-state index in [4.69, 9.17) is 10.2 Å². The van der Waals surface area contributed by atoms with Crippen molar-refractivity contribution in [1.29, 1.82) is 5.26 Å². The van der Waals surface area contributed by atoms with Crippen LogP contribution in [0, 0.1) is 17.1 Å². The van der Waals surface area contributed by atoms with Crippen LogP contribution in [0.4, 0.5) is 10.2 Å². The Morgan fingerprint density at radius 2 is 2.06 bits per heavy atom. The number of halogens is 1. The van der Waals surface area contributed by atoms with E-state index in [1.54, 1.807) is 6.07 Å². The fraction of sp³-hybridized carbons (Fsp3) is 0.538. The van der Waals surface area contributed by atoms with Crippen molar-refractivity contribution in [2.24, 2.45) is 7.05 Å². The van der Waals surface area contributed by atoms with Gasteiger partial charge in [0.15, 0.2) is 5.82 Å². The second kappa shape index (κ2) is 9.08. The highest BCUT2D eigenvalue weighted by Crippen LogP contribution is 2.39. The molecule has 0 unspecified atom stereocenters. The van der Waals surface area contributed by atoms with Crippen molar-refractivity contribution in [1.82, 2.24) is 24.1 Å². The van der Waals surface area contributed by atoms with E-state index in [1.807, 2.05) is 11.1 Å². The lowest BCUT2D eigenvalue weighted by atomic mass is 9.99. The van der Waals surface area contributed by atoms with Crippen molar-refractivity contribution in [3.63, 3.8) is 0 Å². The molecular formula is C26H32FN7O. The Morgan fingerprint density at radius 1 is 1.29 bits per heavy atom. The van der Waals surface area contributed by atoms with Crippen LogP contribution in [0.2, 0.25) is 0 Å². The topological polar surface area (TPSA) is 82.5 Å². The van der Waals surface area contributed by atoms with Gasteiger partial charge in [-0.2, -0.15) is 19.3 Å². The zero-order valence-electron chi connectivity index (χ0n) is 20.8. The summed E-state index contributed by atoms with van der Waals surface area (Å²) in [6.45, 7) is 7.69. The van der Waals surface area contributed by atoms with Gasteiger partial charge in [-0.25, -0.2) is 0 Å². The smallest absolute Gasteiger partial charge is 0.291 e. The molecule has 1 saturated carbocycles. The van der Waals surface area contributed by atoms with Gasteiger partial charge in [0.2, 0.25) is 5.82 Å². The number of pyridine rings is 1. The molecule has 8 nitrogen and oxygen atoms in total. The zero-order valence-corrected chi connectivity index (χ0v) is 20.8. The van der Waals surface area contributed by atoms with E-state index in [1.165, 1.54) is 40.2 Å². The van der Waals surface area contributed by atoms with E-state index in [0.717, 1.165) is 6.42 Å². The predicted octanol–water partition coefficient (Wildman–Crippen LogP) is 3.56. The van der Waals surface area contributed by atoms with Crippen LogP contribution in [-0.2, 0) is 13.5 Å². The molecule has 0 bridgehead atoms. The van der Waals surface area contributed by atoms with Crippen LogP contribution in [0.5, 0.6) is 0 Å². The summed E-state index contributed by atoms with van der Waals surface area (Å²) >= 11 is 0. The van der Waals surface area contributed by atoms with E-state index in [2.05, 4.69) is 49.0 Å². The molecule has 1 saturated heterocycles. The third-order valence-corrected chi connectivity index (χ3v) is 7.65. The molecule has 0 aromatic carbocycles. The highest BCUT2D eigenvalue weighted by atomic mass is 19.1. The Hall–Kier alpha value is -3.25. The molecule has 2 fully saturated rings. The van der Waals surface area contributed by atoms with E-state index in [9.17, 15) is 4.79 Å². The van der Waals surface area contributed by atoms with Crippen molar-refractivity contribution in [3.05, 3.63) is 57.5 Å². The molecule has 0 N–H and O–H groups in total. The van der Waals surface area contributed by atoms with Gasteiger partial charge in [-0.05, 0) is 44.7 Å². The van der Waals surface area contributed by atoms with E-state index >= 15 is 4.39 Å². The maximum atomic E-state index is 15.5. The summed E-state index contributed by atoms with van der Waals surface area (Å²) in [6.07, 6.45) is 5.46. The van der Waals surface area contributed by atoms with Gasteiger partial charge in [0.25, 0.3) is 5.56 Å². The normalized spacial score (nSPS) is 21.9. The Labute approximate surface area is 204 Å². The summed E-state index contributed by atoms with van der Waals surface area (Å²) in [7, 11) is 1.53. The van der Waals surface area contributed by atoms with Gasteiger partial charge in [0, 0.05) is 62.1 Å². The van der Waals surface area contributed by atoms with Crippen molar-refractivity contribution in [2.45, 2.75) is 70.5 Å². The molecule has 9 heteroatoms. The van der Waals surface area contributed by atoms with Crippen LogP contribution < -0.4 is 10.5 Å². The largest absolute Gasteiger partial charge is 0.348 e. The third kappa shape index (κ3) is 4.10. The van der Waals surface area contributed by atoms with Crippen LogP contribution in [0.15, 0.2) is 29.2 Å². The number of aromatic nitrogens is 4. The second-order valence-corrected chi connectivity index (χ2v) is 9.97. The first-order chi connectivity index (χ1) is 16.8. The number of aryl methyl sites for hydroxylation is 1. The molecule has 35 heavy (non-hydrogen) atoms. The molecule has 0 spiro atoms. The number of fused-ring (bicyclic) bond motifs is 1. The third-order valence-electron chi connectivity index (χ3n) is 7.65. The van der Waals surface area contributed by atoms with Crippen molar-refractivity contribution in [3.8, 4) is 6.07 Å². The number of nitriles is 1. The molecular weight excluding hydrogens is 445 g/mol. The van der Waals surface area contributed by atoms with Gasteiger partial charge >= 0.3 is 0 Å². The minimum atomic E-state index is -0.810. The summed E-state index contributed by atoms with van der Waals surface area (Å²) in [6, 6.07) is 8.41. The molecule has 0 amide bonds. The second-order valence-electron chi connectivity index (χ2n) is 9.97. The van der Waals surface area contributed by atoms with Gasteiger partial charge < -0.3 is 4.90 Å². The van der Waals surface area contributed by atoms with Crippen molar-refractivity contribution >= 4 is 11.5 Å². The van der Waals surface area contributed by atoms with Crippen molar-refractivity contribution in [2.75, 3.05) is 18.0 Å². The molecule has 1 aliphatic carbocycles. The highest BCUT2D eigenvalue weighted by Gasteiger charge is 2.37. The lowest BCUT2D eigenvalue weighted by molar-refractivity contribution is 0.105. The quantitative estimate of drug-likeness (QED) is 0.540. The lowest BCUT2D eigenvalue weighted by Crippen LogP contribution is -2.58. The Balaban J connectivity index is 1.47. The average Bonchev–Trinajstić information content (AvgIpc) is 3.63. The van der Waals surface area contributed by atoms with E-state index < -0.39 is 11.4 Å². The fourth-order valence-electron chi connectivity index (χ4n) is 5.34. The molecule has 4 heterocycles. The molecule has 1 aliphatic heterocycles. The number of hydrogen-bond donors (Lipinski definition) is 0.